The number of benzene rings is 1. The van der Waals surface area contributed by atoms with Gasteiger partial charge in [0.15, 0.2) is 0 Å². The predicted molar refractivity (Wildman–Crippen MR) is 84.5 cm³/mol. The number of ether oxygens (including phenoxy) is 2. The van der Waals surface area contributed by atoms with Crippen molar-refractivity contribution in [2.45, 2.75) is 26.3 Å². The molecular weight excluding hydrogens is 334 g/mol. The van der Waals surface area contributed by atoms with E-state index < -0.39 is 0 Å². The van der Waals surface area contributed by atoms with Crippen LogP contribution in [-0.2, 0) is 16.1 Å². The van der Waals surface area contributed by atoms with Crippen LogP contribution in [0.2, 0.25) is 0 Å². The quantitative estimate of drug-likeness (QED) is 0.818. The molecule has 0 radical (unpaired) electrons. The molecule has 1 aromatic rings. The standard InChI is InChI=1S/C16H22BrNO3/c1-3-21-16(19)12-5-4-8-18(10-12)11-13-9-14(17)6-7-15(13)20-2/h6-7,9,12H,3-5,8,10-11H2,1-2H3/p+1/t12-/m1/s1. The van der Waals surface area contributed by atoms with Gasteiger partial charge in [-0.2, -0.15) is 0 Å². The molecule has 0 aromatic heterocycles. The summed E-state index contributed by atoms with van der Waals surface area (Å²) in [6.45, 7) is 5.13. The van der Waals surface area contributed by atoms with Crippen molar-refractivity contribution in [3.05, 3.63) is 28.2 Å². The van der Waals surface area contributed by atoms with Gasteiger partial charge < -0.3 is 14.4 Å². The van der Waals surface area contributed by atoms with E-state index in [0.717, 1.165) is 42.7 Å². The SMILES string of the molecule is CCOC(=O)[C@@H]1CCC[NH+](Cc2cc(Br)ccc2OC)C1. The zero-order valence-electron chi connectivity index (χ0n) is 12.7. The van der Waals surface area contributed by atoms with Crippen LogP contribution < -0.4 is 9.64 Å². The Kier molecular flexibility index (Phi) is 6.06. The number of carbonyl (C=O) groups excluding carboxylic acids is 1. The molecule has 1 N–H and O–H groups in total. The third kappa shape index (κ3) is 4.45. The van der Waals surface area contributed by atoms with Gasteiger partial charge in [0, 0.05) is 10.0 Å². The molecule has 1 aliphatic heterocycles. The predicted octanol–water partition coefficient (Wildman–Crippen LogP) is 1.82. The van der Waals surface area contributed by atoms with Crippen molar-refractivity contribution < 1.29 is 19.2 Å². The van der Waals surface area contributed by atoms with Crippen LogP contribution in [0.5, 0.6) is 5.75 Å². The van der Waals surface area contributed by atoms with Gasteiger partial charge in [-0.1, -0.05) is 15.9 Å². The molecule has 1 aliphatic rings. The Hall–Kier alpha value is -1.07. The Morgan fingerprint density at radius 1 is 1.48 bits per heavy atom. The fourth-order valence-electron chi connectivity index (χ4n) is 2.93. The molecule has 1 aromatic carbocycles. The third-order valence-electron chi connectivity index (χ3n) is 3.92. The molecule has 0 amide bonds. The van der Waals surface area contributed by atoms with Crippen LogP contribution in [0.1, 0.15) is 25.3 Å². The minimum atomic E-state index is -0.0455. The lowest BCUT2D eigenvalue weighted by atomic mass is 9.97. The first-order valence-corrected chi connectivity index (χ1v) is 8.26. The Balaban J connectivity index is 2.02. The highest BCUT2D eigenvalue weighted by Gasteiger charge is 2.30. The number of methoxy groups -OCH3 is 1. The lowest BCUT2D eigenvalue weighted by Gasteiger charge is -2.29. The second-order valence-electron chi connectivity index (χ2n) is 5.43. The van der Waals surface area contributed by atoms with E-state index in [0.29, 0.717) is 6.61 Å². The van der Waals surface area contributed by atoms with E-state index in [9.17, 15) is 4.79 Å². The summed E-state index contributed by atoms with van der Waals surface area (Å²) in [7, 11) is 1.69. The second kappa shape index (κ2) is 7.80. The summed E-state index contributed by atoms with van der Waals surface area (Å²) in [6, 6.07) is 6.06. The molecule has 2 atom stereocenters. The fourth-order valence-corrected chi connectivity index (χ4v) is 3.34. The van der Waals surface area contributed by atoms with E-state index in [1.807, 2.05) is 19.1 Å². The molecule has 1 saturated heterocycles. The molecule has 0 spiro atoms. The molecule has 21 heavy (non-hydrogen) atoms. The number of esters is 1. The average Bonchev–Trinajstić information content (AvgIpc) is 2.48. The molecule has 0 aliphatic carbocycles. The van der Waals surface area contributed by atoms with Gasteiger partial charge in [-0.05, 0) is 38.0 Å². The number of hydrogen-bond acceptors (Lipinski definition) is 3. The maximum Gasteiger partial charge on any atom is 0.314 e. The van der Waals surface area contributed by atoms with Crippen molar-refractivity contribution >= 4 is 21.9 Å². The van der Waals surface area contributed by atoms with Crippen LogP contribution in [-0.4, -0.2) is 32.8 Å². The number of piperidine rings is 1. The smallest absolute Gasteiger partial charge is 0.314 e. The molecule has 2 rings (SSSR count). The first-order chi connectivity index (χ1) is 10.1. The largest absolute Gasteiger partial charge is 0.496 e. The van der Waals surface area contributed by atoms with Crippen molar-refractivity contribution in [1.82, 2.24) is 0 Å². The van der Waals surface area contributed by atoms with Gasteiger partial charge in [0.1, 0.15) is 18.2 Å². The normalized spacial score (nSPS) is 21.9. The van der Waals surface area contributed by atoms with Crippen LogP contribution >= 0.6 is 15.9 Å². The molecule has 116 valence electrons. The van der Waals surface area contributed by atoms with E-state index in [-0.39, 0.29) is 11.9 Å². The van der Waals surface area contributed by atoms with Crippen LogP contribution in [0.15, 0.2) is 22.7 Å². The Labute approximate surface area is 134 Å². The van der Waals surface area contributed by atoms with Gasteiger partial charge in [0.2, 0.25) is 0 Å². The lowest BCUT2D eigenvalue weighted by Crippen LogP contribution is -3.12. The van der Waals surface area contributed by atoms with Gasteiger partial charge >= 0.3 is 5.97 Å². The maximum atomic E-state index is 11.9. The van der Waals surface area contributed by atoms with E-state index in [1.165, 1.54) is 10.5 Å². The number of carbonyl (C=O) groups is 1. The summed E-state index contributed by atoms with van der Waals surface area (Å²) >= 11 is 3.51. The molecule has 0 saturated carbocycles. The van der Waals surface area contributed by atoms with E-state index in [4.69, 9.17) is 9.47 Å². The van der Waals surface area contributed by atoms with Crippen molar-refractivity contribution in [3.8, 4) is 5.75 Å². The number of quaternary nitrogens is 1. The summed E-state index contributed by atoms with van der Waals surface area (Å²) in [6.07, 6.45) is 2.01. The zero-order valence-corrected chi connectivity index (χ0v) is 14.2. The summed E-state index contributed by atoms with van der Waals surface area (Å²) in [4.78, 5) is 13.3. The van der Waals surface area contributed by atoms with E-state index >= 15 is 0 Å². The third-order valence-corrected chi connectivity index (χ3v) is 4.41. The summed E-state index contributed by atoms with van der Waals surface area (Å²) in [5, 5.41) is 0. The highest BCUT2D eigenvalue weighted by atomic mass is 79.9. The molecule has 4 nitrogen and oxygen atoms in total. The fraction of sp³-hybridized carbons (Fsp3) is 0.562. The number of nitrogens with one attached hydrogen (secondary N) is 1. The summed E-state index contributed by atoms with van der Waals surface area (Å²) in [5.41, 5.74) is 1.17. The second-order valence-corrected chi connectivity index (χ2v) is 6.34. The number of likely N-dealkylation sites (tertiary alicyclic amines) is 1. The summed E-state index contributed by atoms with van der Waals surface area (Å²) in [5.74, 6) is 0.895. The molecule has 5 heteroatoms. The Morgan fingerprint density at radius 3 is 3.00 bits per heavy atom. The van der Waals surface area contributed by atoms with Crippen molar-refractivity contribution in [1.29, 1.82) is 0 Å². The maximum absolute atomic E-state index is 11.9. The minimum Gasteiger partial charge on any atom is -0.496 e. The number of rotatable bonds is 5. The Bertz CT molecular complexity index is 492. The topological polar surface area (TPSA) is 40.0 Å². The highest BCUT2D eigenvalue weighted by molar-refractivity contribution is 9.10. The van der Waals surface area contributed by atoms with Gasteiger partial charge in [0.25, 0.3) is 0 Å². The first kappa shape index (κ1) is 16.3. The van der Waals surface area contributed by atoms with Gasteiger partial charge in [-0.3, -0.25) is 4.79 Å². The molecule has 1 unspecified atom stereocenters. The molecular formula is C16H23BrNO3+. The summed E-state index contributed by atoms with van der Waals surface area (Å²) < 4.78 is 11.6. The van der Waals surface area contributed by atoms with Crippen molar-refractivity contribution in [2.75, 3.05) is 26.8 Å². The molecule has 1 heterocycles. The first-order valence-electron chi connectivity index (χ1n) is 7.46. The van der Waals surface area contributed by atoms with Crippen LogP contribution in [0.25, 0.3) is 0 Å². The number of halogens is 1. The highest BCUT2D eigenvalue weighted by Crippen LogP contribution is 2.22. The van der Waals surface area contributed by atoms with Gasteiger partial charge in [-0.25, -0.2) is 0 Å². The van der Waals surface area contributed by atoms with Crippen LogP contribution in [0, 0.1) is 5.92 Å². The molecule has 0 bridgehead atoms. The van der Waals surface area contributed by atoms with Crippen LogP contribution in [0.4, 0.5) is 0 Å². The average molecular weight is 357 g/mol. The van der Waals surface area contributed by atoms with Gasteiger partial charge in [-0.15, -0.1) is 0 Å². The zero-order chi connectivity index (χ0) is 15.2. The van der Waals surface area contributed by atoms with Crippen LogP contribution in [0.3, 0.4) is 0 Å². The van der Waals surface area contributed by atoms with E-state index in [2.05, 4.69) is 22.0 Å². The minimum absolute atomic E-state index is 0.0341. The number of hydrogen-bond donors (Lipinski definition) is 1. The van der Waals surface area contributed by atoms with Crippen molar-refractivity contribution in [2.24, 2.45) is 5.92 Å². The van der Waals surface area contributed by atoms with E-state index in [1.54, 1.807) is 7.11 Å². The molecule has 1 fully saturated rings. The monoisotopic (exact) mass is 356 g/mol. The van der Waals surface area contributed by atoms with Gasteiger partial charge in [0.05, 0.1) is 26.8 Å². The Morgan fingerprint density at radius 2 is 2.29 bits per heavy atom. The van der Waals surface area contributed by atoms with Crippen molar-refractivity contribution in [3.63, 3.8) is 0 Å². The lowest BCUT2D eigenvalue weighted by molar-refractivity contribution is -0.921.